The summed E-state index contributed by atoms with van der Waals surface area (Å²) in [6, 6.07) is 0. The SMILES string of the molecule is CN1[CH]NC=C1OC(F)(F)F. The second-order valence-corrected chi connectivity index (χ2v) is 1.94. The molecule has 0 amide bonds. The summed E-state index contributed by atoms with van der Waals surface area (Å²) in [5, 5.41) is 2.46. The van der Waals surface area contributed by atoms with E-state index < -0.39 is 6.36 Å². The standard InChI is InChI=1S/C5H6F3N2O/c1-10-3-9-2-4(10)11-5(6,7)8/h2-3,9H,1H3. The highest BCUT2D eigenvalue weighted by molar-refractivity contribution is 5.01. The van der Waals surface area contributed by atoms with Crippen LogP contribution >= 0.6 is 0 Å². The molecule has 0 aromatic heterocycles. The number of nitrogens with one attached hydrogen (secondary N) is 1. The first-order chi connectivity index (χ1) is 4.99. The van der Waals surface area contributed by atoms with Crippen LogP contribution in [0.2, 0.25) is 0 Å². The van der Waals surface area contributed by atoms with Crippen molar-refractivity contribution < 1.29 is 17.9 Å². The summed E-state index contributed by atoms with van der Waals surface area (Å²) in [7, 11) is 1.44. The van der Waals surface area contributed by atoms with E-state index in [9.17, 15) is 13.2 Å². The van der Waals surface area contributed by atoms with Crippen LogP contribution in [-0.4, -0.2) is 18.3 Å². The van der Waals surface area contributed by atoms with Crippen LogP contribution in [0.5, 0.6) is 0 Å². The lowest BCUT2D eigenvalue weighted by molar-refractivity contribution is -0.312. The summed E-state index contributed by atoms with van der Waals surface area (Å²) >= 11 is 0. The largest absolute Gasteiger partial charge is 0.574 e. The lowest BCUT2D eigenvalue weighted by Crippen LogP contribution is -2.20. The Morgan fingerprint density at radius 3 is 2.55 bits per heavy atom. The number of alkyl halides is 3. The van der Waals surface area contributed by atoms with Crippen LogP contribution < -0.4 is 5.32 Å². The molecule has 0 aromatic rings. The fraction of sp³-hybridized carbons (Fsp3) is 0.400. The van der Waals surface area contributed by atoms with Crippen molar-refractivity contribution in [2.75, 3.05) is 7.05 Å². The second-order valence-electron chi connectivity index (χ2n) is 1.94. The smallest absolute Gasteiger partial charge is 0.388 e. The van der Waals surface area contributed by atoms with Gasteiger partial charge in [0.15, 0.2) is 0 Å². The lowest BCUT2D eigenvalue weighted by Gasteiger charge is -2.15. The molecule has 6 heteroatoms. The van der Waals surface area contributed by atoms with Crippen molar-refractivity contribution in [3.63, 3.8) is 0 Å². The molecule has 0 bridgehead atoms. The first-order valence-electron chi connectivity index (χ1n) is 2.77. The van der Waals surface area contributed by atoms with E-state index in [1.54, 1.807) is 0 Å². The maximum absolute atomic E-state index is 11.5. The number of ether oxygens (including phenoxy) is 1. The van der Waals surface area contributed by atoms with Crippen LogP contribution in [0.25, 0.3) is 0 Å². The van der Waals surface area contributed by atoms with E-state index in [4.69, 9.17) is 0 Å². The highest BCUT2D eigenvalue weighted by atomic mass is 19.4. The number of hydrogen-bond acceptors (Lipinski definition) is 3. The molecule has 11 heavy (non-hydrogen) atoms. The van der Waals surface area contributed by atoms with Gasteiger partial charge in [-0.05, 0) is 0 Å². The molecule has 0 unspecified atom stereocenters. The molecule has 0 aliphatic carbocycles. The summed E-state index contributed by atoms with van der Waals surface area (Å²) in [5.74, 6) is -0.266. The van der Waals surface area contributed by atoms with E-state index in [0.717, 1.165) is 6.20 Å². The third-order valence-corrected chi connectivity index (χ3v) is 1.04. The van der Waals surface area contributed by atoms with Crippen molar-refractivity contribution >= 4 is 0 Å². The molecule has 0 saturated heterocycles. The third-order valence-electron chi connectivity index (χ3n) is 1.04. The van der Waals surface area contributed by atoms with Gasteiger partial charge in [-0.1, -0.05) is 0 Å². The Morgan fingerprint density at radius 2 is 2.18 bits per heavy atom. The zero-order chi connectivity index (χ0) is 8.48. The monoisotopic (exact) mass is 167 g/mol. The predicted octanol–water partition coefficient (Wildman–Crippen LogP) is 0.976. The fourth-order valence-electron chi connectivity index (χ4n) is 0.606. The van der Waals surface area contributed by atoms with Crippen molar-refractivity contribution in [2.24, 2.45) is 0 Å². The molecule has 0 spiro atoms. The summed E-state index contributed by atoms with van der Waals surface area (Å²) in [6.45, 7) is 1.35. The van der Waals surface area contributed by atoms with Gasteiger partial charge in [-0.15, -0.1) is 13.2 Å². The van der Waals surface area contributed by atoms with Gasteiger partial charge in [0.1, 0.15) is 6.67 Å². The molecule has 0 fully saturated rings. The van der Waals surface area contributed by atoms with Crippen molar-refractivity contribution in [1.29, 1.82) is 0 Å². The molecule has 1 aliphatic heterocycles. The van der Waals surface area contributed by atoms with Gasteiger partial charge in [-0.3, -0.25) is 0 Å². The Bertz CT molecular complexity index is 177. The molecular weight excluding hydrogens is 161 g/mol. The Labute approximate surface area is 61.4 Å². The first-order valence-corrected chi connectivity index (χ1v) is 2.77. The summed E-state index contributed by atoms with van der Waals surface area (Å²) < 4.78 is 38.3. The average molecular weight is 167 g/mol. The molecule has 1 rings (SSSR count). The highest BCUT2D eigenvalue weighted by Crippen LogP contribution is 2.23. The van der Waals surface area contributed by atoms with Crippen LogP contribution in [0.4, 0.5) is 13.2 Å². The third kappa shape index (κ3) is 2.21. The minimum Gasteiger partial charge on any atom is -0.388 e. The molecule has 0 aromatic carbocycles. The van der Waals surface area contributed by atoms with Crippen LogP contribution in [0.3, 0.4) is 0 Å². The number of hydrogen-bond donors (Lipinski definition) is 1. The van der Waals surface area contributed by atoms with Crippen molar-refractivity contribution in [1.82, 2.24) is 10.2 Å². The van der Waals surface area contributed by atoms with Crippen molar-refractivity contribution in [2.45, 2.75) is 6.36 Å². The topological polar surface area (TPSA) is 24.5 Å². The predicted molar refractivity (Wildman–Crippen MR) is 30.4 cm³/mol. The Morgan fingerprint density at radius 1 is 1.55 bits per heavy atom. The Hall–Kier alpha value is -1.07. The van der Waals surface area contributed by atoms with Gasteiger partial charge in [0.25, 0.3) is 0 Å². The highest BCUT2D eigenvalue weighted by Gasteiger charge is 2.34. The number of rotatable bonds is 1. The van der Waals surface area contributed by atoms with Crippen LogP contribution in [-0.2, 0) is 4.74 Å². The van der Waals surface area contributed by atoms with E-state index in [1.807, 2.05) is 0 Å². The number of nitrogens with zero attached hydrogens (tertiary/aromatic N) is 1. The van der Waals surface area contributed by atoms with Gasteiger partial charge in [0.05, 0.1) is 6.20 Å². The second kappa shape index (κ2) is 2.52. The van der Waals surface area contributed by atoms with E-state index in [0.29, 0.717) is 0 Å². The molecule has 1 aliphatic rings. The zero-order valence-electron chi connectivity index (χ0n) is 5.64. The first kappa shape index (κ1) is 8.03. The van der Waals surface area contributed by atoms with E-state index in [1.165, 1.54) is 18.6 Å². The van der Waals surface area contributed by atoms with Gasteiger partial charge in [-0.2, -0.15) is 0 Å². The number of halogens is 3. The molecular formula is C5H6F3N2O. The summed E-state index contributed by atoms with van der Waals surface area (Å²) in [5.41, 5.74) is 0. The van der Waals surface area contributed by atoms with E-state index in [-0.39, 0.29) is 5.88 Å². The minimum absolute atomic E-state index is 0.266. The molecule has 1 N–H and O–H groups in total. The molecule has 3 nitrogen and oxygen atoms in total. The van der Waals surface area contributed by atoms with E-state index >= 15 is 0 Å². The van der Waals surface area contributed by atoms with Crippen LogP contribution in [0.1, 0.15) is 0 Å². The normalized spacial score (nSPS) is 17.8. The maximum Gasteiger partial charge on any atom is 0.574 e. The fourth-order valence-corrected chi connectivity index (χ4v) is 0.606. The van der Waals surface area contributed by atoms with Crippen molar-refractivity contribution in [3.05, 3.63) is 18.8 Å². The lowest BCUT2D eigenvalue weighted by atomic mass is 10.8. The molecule has 1 radical (unpaired) electrons. The maximum atomic E-state index is 11.5. The van der Waals surface area contributed by atoms with Gasteiger partial charge in [0.2, 0.25) is 5.88 Å². The van der Waals surface area contributed by atoms with Crippen molar-refractivity contribution in [3.8, 4) is 0 Å². The van der Waals surface area contributed by atoms with Gasteiger partial charge in [0, 0.05) is 7.05 Å². The average Bonchev–Trinajstić information content (AvgIpc) is 2.12. The zero-order valence-corrected chi connectivity index (χ0v) is 5.64. The van der Waals surface area contributed by atoms with Crippen LogP contribution in [0, 0.1) is 6.67 Å². The van der Waals surface area contributed by atoms with E-state index in [2.05, 4.69) is 10.1 Å². The molecule has 1 heterocycles. The minimum atomic E-state index is -4.63. The molecule has 0 atom stereocenters. The molecule has 63 valence electrons. The Kier molecular flexibility index (Phi) is 1.84. The van der Waals surface area contributed by atoms with Gasteiger partial charge < -0.3 is 15.0 Å². The Balaban J connectivity index is 2.49. The summed E-state index contributed by atoms with van der Waals surface area (Å²) in [4.78, 5) is 1.19. The molecule has 0 saturated carbocycles. The quantitative estimate of drug-likeness (QED) is 0.629. The van der Waals surface area contributed by atoms with Crippen LogP contribution in [0.15, 0.2) is 12.1 Å². The van der Waals surface area contributed by atoms with Gasteiger partial charge >= 0.3 is 6.36 Å². The summed E-state index contributed by atoms with van der Waals surface area (Å²) in [6.07, 6.45) is -3.51. The van der Waals surface area contributed by atoms with Gasteiger partial charge in [-0.25, -0.2) is 0 Å².